The molecule has 1 saturated heterocycles. The van der Waals surface area contributed by atoms with Crippen molar-refractivity contribution in [3.63, 3.8) is 0 Å². The van der Waals surface area contributed by atoms with Crippen molar-refractivity contribution in [2.45, 2.75) is 58.4 Å². The summed E-state index contributed by atoms with van der Waals surface area (Å²) < 4.78 is 1.72. The highest BCUT2D eigenvalue weighted by atomic mass is 16.1. The van der Waals surface area contributed by atoms with Gasteiger partial charge in [0.2, 0.25) is 5.91 Å². The van der Waals surface area contributed by atoms with Crippen LogP contribution < -0.4 is 11.1 Å². The summed E-state index contributed by atoms with van der Waals surface area (Å²) in [5, 5.41) is 7.62. The van der Waals surface area contributed by atoms with Crippen LogP contribution in [-0.4, -0.2) is 32.0 Å². The van der Waals surface area contributed by atoms with E-state index in [1.165, 1.54) is 12.8 Å². The average molecular weight is 371 g/mol. The summed E-state index contributed by atoms with van der Waals surface area (Å²) in [6.07, 6.45) is 9.98. The third-order valence-electron chi connectivity index (χ3n) is 6.30. The third kappa shape index (κ3) is 3.98. The third-order valence-corrected chi connectivity index (χ3v) is 6.30. The van der Waals surface area contributed by atoms with E-state index in [4.69, 9.17) is 5.73 Å². The Morgan fingerprint density at radius 1 is 1.26 bits per heavy atom. The van der Waals surface area contributed by atoms with Gasteiger partial charge in [-0.2, -0.15) is 5.10 Å². The maximum Gasteiger partial charge on any atom is 0.250 e. The molecule has 146 valence electrons. The fourth-order valence-corrected chi connectivity index (χ4v) is 4.50. The molecule has 2 fully saturated rings. The number of rotatable bonds is 4. The zero-order valence-electron chi connectivity index (χ0n) is 16.3. The Hall–Kier alpha value is -2.02. The van der Waals surface area contributed by atoms with Gasteiger partial charge in [0.1, 0.15) is 0 Å². The van der Waals surface area contributed by atoms with E-state index in [0.717, 1.165) is 43.1 Å². The van der Waals surface area contributed by atoms with Gasteiger partial charge in [-0.3, -0.25) is 4.79 Å². The molecule has 1 aliphatic heterocycles. The number of amides is 1. The van der Waals surface area contributed by atoms with Crippen LogP contribution in [0.3, 0.4) is 0 Å². The zero-order chi connectivity index (χ0) is 19.0. The Morgan fingerprint density at radius 2 is 2.04 bits per heavy atom. The molecular formula is C20H30N6O. The summed E-state index contributed by atoms with van der Waals surface area (Å²) in [5.74, 6) is 2.46. The molecule has 2 aromatic heterocycles. The molecule has 7 nitrogen and oxygen atoms in total. The first-order valence-corrected chi connectivity index (χ1v) is 10.2. The van der Waals surface area contributed by atoms with E-state index in [-0.39, 0.29) is 17.9 Å². The summed E-state index contributed by atoms with van der Waals surface area (Å²) in [6.45, 7) is 5.25. The molecule has 1 unspecified atom stereocenters. The van der Waals surface area contributed by atoms with Crippen molar-refractivity contribution in [3.8, 4) is 0 Å². The zero-order valence-corrected chi connectivity index (χ0v) is 16.3. The van der Waals surface area contributed by atoms with Crippen molar-refractivity contribution in [2.75, 3.05) is 6.54 Å². The molecule has 27 heavy (non-hydrogen) atoms. The van der Waals surface area contributed by atoms with Crippen LogP contribution in [0.2, 0.25) is 0 Å². The van der Waals surface area contributed by atoms with Crippen LogP contribution in [0.1, 0.15) is 63.4 Å². The van der Waals surface area contributed by atoms with Crippen LogP contribution in [0.15, 0.2) is 12.4 Å². The van der Waals surface area contributed by atoms with Crippen LogP contribution in [0.4, 0.5) is 0 Å². The van der Waals surface area contributed by atoms with Crippen LogP contribution in [0, 0.1) is 23.7 Å². The van der Waals surface area contributed by atoms with Gasteiger partial charge in [0, 0.05) is 18.9 Å². The Balaban J connectivity index is 1.49. The number of hydrogen-bond acceptors (Lipinski definition) is 5. The van der Waals surface area contributed by atoms with Crippen molar-refractivity contribution in [1.29, 1.82) is 0 Å². The Morgan fingerprint density at radius 3 is 2.81 bits per heavy atom. The smallest absolute Gasteiger partial charge is 0.250 e. The second-order valence-corrected chi connectivity index (χ2v) is 8.69. The number of hydrogen-bond donors (Lipinski definition) is 2. The van der Waals surface area contributed by atoms with Gasteiger partial charge < -0.3 is 11.1 Å². The van der Waals surface area contributed by atoms with Gasteiger partial charge in [-0.15, -0.1) is 0 Å². The molecule has 1 amide bonds. The minimum absolute atomic E-state index is 0.0324. The van der Waals surface area contributed by atoms with E-state index in [1.807, 2.05) is 6.20 Å². The topological polar surface area (TPSA) is 98.2 Å². The second-order valence-electron chi connectivity index (χ2n) is 8.69. The highest BCUT2D eigenvalue weighted by Crippen LogP contribution is 2.35. The number of nitrogens with zero attached hydrogens (tertiary/aromatic N) is 4. The average Bonchev–Trinajstić information content (AvgIpc) is 3.08. The summed E-state index contributed by atoms with van der Waals surface area (Å²) in [5.41, 5.74) is 8.21. The van der Waals surface area contributed by atoms with Gasteiger partial charge in [-0.25, -0.2) is 14.5 Å². The maximum absolute atomic E-state index is 12.1. The van der Waals surface area contributed by atoms with Crippen LogP contribution in [0.5, 0.6) is 0 Å². The summed E-state index contributed by atoms with van der Waals surface area (Å²) in [4.78, 5) is 21.2. The Kier molecular flexibility index (Phi) is 5.12. The molecule has 1 saturated carbocycles. The van der Waals surface area contributed by atoms with E-state index in [2.05, 4.69) is 34.2 Å². The van der Waals surface area contributed by atoms with Crippen molar-refractivity contribution in [3.05, 3.63) is 23.8 Å². The molecule has 3 heterocycles. The fraction of sp³-hybridized carbons (Fsp3) is 0.700. The molecule has 2 aliphatic rings. The lowest BCUT2D eigenvalue weighted by atomic mass is 9.79. The maximum atomic E-state index is 12.1. The number of aromatic nitrogens is 4. The van der Waals surface area contributed by atoms with Crippen LogP contribution in [0.25, 0.3) is 5.78 Å². The van der Waals surface area contributed by atoms with E-state index in [9.17, 15) is 4.79 Å². The predicted octanol–water partition coefficient (Wildman–Crippen LogP) is 2.27. The molecule has 3 N–H and O–H groups in total. The van der Waals surface area contributed by atoms with Crippen molar-refractivity contribution < 1.29 is 4.79 Å². The van der Waals surface area contributed by atoms with Gasteiger partial charge in [0.15, 0.2) is 0 Å². The second kappa shape index (κ2) is 7.54. The van der Waals surface area contributed by atoms with Gasteiger partial charge in [0.25, 0.3) is 5.78 Å². The lowest BCUT2D eigenvalue weighted by molar-refractivity contribution is -0.127. The van der Waals surface area contributed by atoms with E-state index in [0.29, 0.717) is 24.0 Å². The highest BCUT2D eigenvalue weighted by Gasteiger charge is 2.28. The minimum Gasteiger partial charge on any atom is -0.356 e. The quantitative estimate of drug-likeness (QED) is 0.860. The normalized spacial score (nSPS) is 30.3. The number of nitrogens with two attached hydrogens (primary N) is 1. The highest BCUT2D eigenvalue weighted by molar-refractivity contribution is 5.79. The molecule has 4 rings (SSSR count). The summed E-state index contributed by atoms with van der Waals surface area (Å²) in [6, 6.07) is -0.0607. The molecule has 0 bridgehead atoms. The van der Waals surface area contributed by atoms with Crippen LogP contribution in [-0.2, 0) is 11.2 Å². The lowest BCUT2D eigenvalue weighted by Gasteiger charge is -2.29. The van der Waals surface area contributed by atoms with Crippen molar-refractivity contribution in [1.82, 2.24) is 24.9 Å². The molecule has 7 heteroatoms. The number of fused-ring (bicyclic) bond motifs is 1. The van der Waals surface area contributed by atoms with Gasteiger partial charge in [-0.05, 0) is 37.0 Å². The summed E-state index contributed by atoms with van der Waals surface area (Å²) >= 11 is 0. The predicted molar refractivity (Wildman–Crippen MR) is 103 cm³/mol. The van der Waals surface area contributed by atoms with Crippen LogP contribution >= 0.6 is 0 Å². The van der Waals surface area contributed by atoms with E-state index >= 15 is 0 Å². The number of carbonyl (C=O) groups is 1. The minimum atomic E-state index is -0.0607. The molecule has 0 radical (unpaired) electrons. The van der Waals surface area contributed by atoms with Gasteiger partial charge in [0.05, 0.1) is 29.8 Å². The first-order chi connectivity index (χ1) is 13.0. The Bertz CT molecular complexity index is 810. The fourth-order valence-electron chi connectivity index (χ4n) is 4.50. The first kappa shape index (κ1) is 18.3. The molecule has 2 aromatic rings. The van der Waals surface area contributed by atoms with E-state index in [1.54, 1.807) is 10.7 Å². The number of piperidine rings is 1. The number of carbonyl (C=O) groups excluding carboxylic acids is 1. The Labute approximate surface area is 160 Å². The SMILES string of the molecule is CC1CCC(C(N)c2cn3nc(C[C@H]4C[C@H](C)CNC4=O)cnc3n2)CC1. The van der Waals surface area contributed by atoms with Crippen molar-refractivity contribution >= 4 is 11.7 Å². The molecule has 1 aliphatic carbocycles. The molecule has 0 spiro atoms. The first-order valence-electron chi connectivity index (χ1n) is 10.2. The monoisotopic (exact) mass is 370 g/mol. The largest absolute Gasteiger partial charge is 0.356 e. The molecular weight excluding hydrogens is 340 g/mol. The standard InChI is InChI=1S/C20H30N6O/c1-12-3-5-14(6-4-12)18(21)17-11-26-20(24-17)23-10-16(25-26)8-15-7-13(2)9-22-19(15)27/h10-15,18H,3-9,21H2,1-2H3,(H,22,27)/t12?,13-,14?,15+,18?/m0/s1. The molecule has 0 aromatic carbocycles. The van der Waals surface area contributed by atoms with Crippen molar-refractivity contribution in [2.24, 2.45) is 29.4 Å². The van der Waals surface area contributed by atoms with Gasteiger partial charge >= 0.3 is 0 Å². The molecule has 3 atom stereocenters. The lowest BCUT2D eigenvalue weighted by Crippen LogP contribution is -2.41. The number of nitrogens with one attached hydrogen (secondary N) is 1. The number of imidazole rings is 1. The van der Waals surface area contributed by atoms with E-state index < -0.39 is 0 Å². The van der Waals surface area contributed by atoms with Gasteiger partial charge in [-0.1, -0.05) is 26.7 Å². The summed E-state index contributed by atoms with van der Waals surface area (Å²) in [7, 11) is 0.